The van der Waals surface area contributed by atoms with Gasteiger partial charge in [-0.25, -0.2) is 4.39 Å². The molecule has 0 unspecified atom stereocenters. The largest absolute Gasteiger partial charge is 0.707 e. The molecule has 0 spiro atoms. The molecular formula is C7H8BFO4. The Labute approximate surface area is 74.7 Å². The van der Waals surface area contributed by atoms with Crippen LogP contribution in [0.2, 0.25) is 0 Å². The summed E-state index contributed by atoms with van der Waals surface area (Å²) in [5, 5.41) is 16.9. The lowest BCUT2D eigenvalue weighted by Gasteiger charge is -2.06. The number of halogens is 1. The van der Waals surface area contributed by atoms with E-state index in [1.54, 1.807) is 0 Å². The third kappa shape index (κ3) is 2.92. The van der Waals surface area contributed by atoms with Crippen LogP contribution in [-0.2, 0) is 0 Å². The maximum absolute atomic E-state index is 12.7. The van der Waals surface area contributed by atoms with Crippen molar-refractivity contribution in [2.24, 2.45) is 0 Å². The summed E-state index contributed by atoms with van der Waals surface area (Å²) in [6.45, 7) is 0. The highest BCUT2D eigenvalue weighted by Crippen LogP contribution is 2.21. The highest BCUT2D eigenvalue weighted by atomic mass is 19.1. The first kappa shape index (κ1) is 9.82. The van der Waals surface area contributed by atoms with Gasteiger partial charge in [0.15, 0.2) is 0 Å². The van der Waals surface area contributed by atoms with Crippen LogP contribution in [0.5, 0.6) is 11.5 Å². The third-order valence-electron chi connectivity index (χ3n) is 1.32. The summed E-state index contributed by atoms with van der Waals surface area (Å²) < 4.78 is 21.9. The molecule has 0 aromatic heterocycles. The minimum Gasteiger partial charge on any atom is -0.512 e. The molecule has 0 saturated heterocycles. The Morgan fingerprint density at radius 2 is 1.85 bits per heavy atom. The van der Waals surface area contributed by atoms with Crippen molar-refractivity contribution in [3.63, 3.8) is 0 Å². The van der Waals surface area contributed by atoms with Gasteiger partial charge in [0.2, 0.25) is 0 Å². The molecule has 0 atom stereocenters. The highest BCUT2D eigenvalue weighted by Gasteiger charge is 2.12. The molecule has 0 heterocycles. The molecule has 1 aromatic rings. The SMILES string of the molecule is COc1cc(F)cc(OB(O)O)c1. The van der Waals surface area contributed by atoms with Gasteiger partial charge in [-0.05, 0) is 0 Å². The first-order chi connectivity index (χ1) is 6.11. The molecule has 0 aliphatic rings. The van der Waals surface area contributed by atoms with Crippen molar-refractivity contribution in [2.75, 3.05) is 7.11 Å². The molecule has 1 rings (SSSR count). The van der Waals surface area contributed by atoms with Crippen LogP contribution in [0.25, 0.3) is 0 Å². The maximum atomic E-state index is 12.7. The van der Waals surface area contributed by atoms with Crippen molar-refractivity contribution in [2.45, 2.75) is 0 Å². The van der Waals surface area contributed by atoms with E-state index >= 15 is 0 Å². The highest BCUT2D eigenvalue weighted by molar-refractivity contribution is 6.33. The molecule has 0 aliphatic heterocycles. The summed E-state index contributed by atoms with van der Waals surface area (Å²) >= 11 is 0. The Bertz CT molecular complexity index is 292. The molecule has 70 valence electrons. The summed E-state index contributed by atoms with van der Waals surface area (Å²) in [6, 6.07) is 3.50. The second kappa shape index (κ2) is 4.11. The maximum Gasteiger partial charge on any atom is 0.707 e. The molecule has 0 bridgehead atoms. The van der Waals surface area contributed by atoms with E-state index in [-0.39, 0.29) is 11.5 Å². The number of methoxy groups -OCH3 is 1. The first-order valence-corrected chi connectivity index (χ1v) is 3.49. The van der Waals surface area contributed by atoms with E-state index in [4.69, 9.17) is 14.8 Å². The molecule has 13 heavy (non-hydrogen) atoms. The average molecular weight is 186 g/mol. The molecule has 0 radical (unpaired) electrons. The van der Waals surface area contributed by atoms with Crippen LogP contribution in [0.3, 0.4) is 0 Å². The fourth-order valence-electron chi connectivity index (χ4n) is 0.845. The van der Waals surface area contributed by atoms with Gasteiger partial charge in [0.1, 0.15) is 17.3 Å². The van der Waals surface area contributed by atoms with Crippen LogP contribution in [-0.4, -0.2) is 24.5 Å². The van der Waals surface area contributed by atoms with Gasteiger partial charge in [-0.3, -0.25) is 0 Å². The smallest absolute Gasteiger partial charge is 0.512 e. The van der Waals surface area contributed by atoms with E-state index in [0.717, 1.165) is 12.1 Å². The van der Waals surface area contributed by atoms with Crippen molar-refractivity contribution in [1.29, 1.82) is 0 Å². The summed E-state index contributed by atoms with van der Waals surface area (Å²) in [4.78, 5) is 0. The predicted octanol–water partition coefficient (Wildman–Crippen LogP) is 0.183. The van der Waals surface area contributed by atoms with Gasteiger partial charge < -0.3 is 19.4 Å². The van der Waals surface area contributed by atoms with E-state index < -0.39 is 13.1 Å². The molecule has 4 nitrogen and oxygen atoms in total. The minimum atomic E-state index is -1.97. The van der Waals surface area contributed by atoms with Crippen LogP contribution in [0, 0.1) is 5.82 Å². The van der Waals surface area contributed by atoms with Gasteiger partial charge in [-0.1, -0.05) is 0 Å². The Morgan fingerprint density at radius 1 is 1.23 bits per heavy atom. The quantitative estimate of drug-likeness (QED) is 0.661. The molecule has 2 N–H and O–H groups in total. The molecule has 0 fully saturated rings. The molecule has 0 saturated carbocycles. The fourth-order valence-corrected chi connectivity index (χ4v) is 0.845. The van der Waals surface area contributed by atoms with Gasteiger partial charge in [0, 0.05) is 18.2 Å². The van der Waals surface area contributed by atoms with Gasteiger partial charge >= 0.3 is 7.32 Å². The molecular weight excluding hydrogens is 178 g/mol. The summed E-state index contributed by atoms with van der Waals surface area (Å²) in [5.74, 6) is -0.336. The van der Waals surface area contributed by atoms with Gasteiger partial charge in [-0.2, -0.15) is 0 Å². The van der Waals surface area contributed by atoms with Crippen LogP contribution < -0.4 is 9.39 Å². The summed E-state index contributed by atoms with van der Waals surface area (Å²) in [5.41, 5.74) is 0. The number of benzene rings is 1. The van der Waals surface area contributed by atoms with E-state index in [1.165, 1.54) is 13.2 Å². The summed E-state index contributed by atoms with van der Waals surface area (Å²) in [6.07, 6.45) is 0. The number of rotatable bonds is 3. The van der Waals surface area contributed by atoms with Gasteiger partial charge in [0.05, 0.1) is 7.11 Å². The van der Waals surface area contributed by atoms with Crippen LogP contribution in [0.15, 0.2) is 18.2 Å². The second-order valence-electron chi connectivity index (χ2n) is 2.27. The molecule has 1 aromatic carbocycles. The van der Waals surface area contributed by atoms with Gasteiger partial charge in [-0.15, -0.1) is 0 Å². The van der Waals surface area contributed by atoms with E-state index in [9.17, 15) is 4.39 Å². The van der Waals surface area contributed by atoms with Crippen molar-refractivity contribution < 1.29 is 23.8 Å². The lowest BCUT2D eigenvalue weighted by molar-refractivity contribution is 0.286. The first-order valence-electron chi connectivity index (χ1n) is 3.49. The fraction of sp³-hybridized carbons (Fsp3) is 0.143. The van der Waals surface area contributed by atoms with Crippen molar-refractivity contribution in [1.82, 2.24) is 0 Å². The van der Waals surface area contributed by atoms with E-state index in [1.807, 2.05) is 0 Å². The van der Waals surface area contributed by atoms with Crippen LogP contribution in [0.4, 0.5) is 4.39 Å². The van der Waals surface area contributed by atoms with Crippen molar-refractivity contribution in [3.05, 3.63) is 24.0 Å². The van der Waals surface area contributed by atoms with Crippen molar-refractivity contribution >= 4 is 7.32 Å². The Hall–Kier alpha value is -1.27. The Kier molecular flexibility index (Phi) is 3.10. The lowest BCUT2D eigenvalue weighted by atomic mass is 10.2. The Morgan fingerprint density at radius 3 is 2.38 bits per heavy atom. The standard InChI is InChI=1S/C7H8BFO4/c1-12-6-2-5(9)3-7(4-6)13-8(10)11/h2-4,10-11H,1H3. The third-order valence-corrected chi connectivity index (χ3v) is 1.32. The number of hydrogen-bond acceptors (Lipinski definition) is 4. The zero-order chi connectivity index (χ0) is 9.84. The molecule has 0 amide bonds. The second-order valence-corrected chi connectivity index (χ2v) is 2.27. The molecule has 0 aliphatic carbocycles. The predicted molar refractivity (Wildman–Crippen MR) is 43.8 cm³/mol. The van der Waals surface area contributed by atoms with E-state index in [2.05, 4.69) is 4.65 Å². The summed E-state index contributed by atoms with van der Waals surface area (Å²) in [7, 11) is -0.597. The number of hydrogen-bond donors (Lipinski definition) is 2. The lowest BCUT2D eigenvalue weighted by Crippen LogP contribution is -2.20. The zero-order valence-corrected chi connectivity index (χ0v) is 6.90. The monoisotopic (exact) mass is 186 g/mol. The van der Waals surface area contributed by atoms with Gasteiger partial charge in [0.25, 0.3) is 0 Å². The topological polar surface area (TPSA) is 58.9 Å². The van der Waals surface area contributed by atoms with E-state index in [0.29, 0.717) is 0 Å². The minimum absolute atomic E-state index is 0.00755. The van der Waals surface area contributed by atoms with Crippen LogP contribution >= 0.6 is 0 Å². The van der Waals surface area contributed by atoms with Crippen LogP contribution in [0.1, 0.15) is 0 Å². The normalized spacial score (nSPS) is 9.54. The zero-order valence-electron chi connectivity index (χ0n) is 6.90. The molecule has 6 heteroatoms. The van der Waals surface area contributed by atoms with Crippen molar-refractivity contribution in [3.8, 4) is 11.5 Å². The average Bonchev–Trinajstić information content (AvgIpc) is 2.01. The number of ether oxygens (including phenoxy) is 1. The Balaban J connectivity index is 2.88.